The second-order valence-corrected chi connectivity index (χ2v) is 7.36. The van der Waals surface area contributed by atoms with Gasteiger partial charge in [0.2, 0.25) is 0 Å². The topological polar surface area (TPSA) is 55.4 Å². The van der Waals surface area contributed by atoms with Crippen LogP contribution < -0.4 is 10.1 Å². The Labute approximate surface area is 115 Å². The van der Waals surface area contributed by atoms with Gasteiger partial charge in [0, 0.05) is 18.3 Å². The van der Waals surface area contributed by atoms with Crippen molar-refractivity contribution in [2.45, 2.75) is 32.4 Å². The number of ether oxygens (including phenoxy) is 1. The van der Waals surface area contributed by atoms with Crippen molar-refractivity contribution < 1.29 is 13.2 Å². The molecule has 0 radical (unpaired) electrons. The standard InChI is InChI=1S/C14H21NO3S/c1-2-19(16,17)10-9-18-14-7-3-12(4-8-14)11-15-13-5-6-13/h3-4,7-8,13,15H,2,5-6,9-11H2,1H3. The van der Waals surface area contributed by atoms with Gasteiger partial charge < -0.3 is 10.1 Å². The van der Waals surface area contributed by atoms with Crippen LogP contribution in [0.4, 0.5) is 0 Å². The molecule has 0 bridgehead atoms. The second-order valence-electron chi connectivity index (χ2n) is 4.88. The Morgan fingerprint density at radius 3 is 2.53 bits per heavy atom. The molecule has 0 saturated heterocycles. The third-order valence-electron chi connectivity index (χ3n) is 3.20. The molecule has 1 N–H and O–H groups in total. The van der Waals surface area contributed by atoms with E-state index in [2.05, 4.69) is 5.32 Å². The maximum Gasteiger partial charge on any atom is 0.153 e. The fourth-order valence-electron chi connectivity index (χ4n) is 1.68. The monoisotopic (exact) mass is 283 g/mol. The van der Waals surface area contributed by atoms with Gasteiger partial charge >= 0.3 is 0 Å². The summed E-state index contributed by atoms with van der Waals surface area (Å²) in [4.78, 5) is 0. The van der Waals surface area contributed by atoms with Crippen molar-refractivity contribution in [2.24, 2.45) is 0 Å². The van der Waals surface area contributed by atoms with Crippen molar-refractivity contribution in [3.8, 4) is 5.75 Å². The minimum atomic E-state index is -2.94. The molecule has 1 aromatic carbocycles. The molecule has 0 atom stereocenters. The van der Waals surface area contributed by atoms with Crippen LogP contribution in [0.1, 0.15) is 25.3 Å². The second kappa shape index (κ2) is 6.39. The van der Waals surface area contributed by atoms with Gasteiger partial charge in [-0.25, -0.2) is 8.42 Å². The number of nitrogens with one attached hydrogen (secondary N) is 1. The Morgan fingerprint density at radius 1 is 1.26 bits per heavy atom. The summed E-state index contributed by atoms with van der Waals surface area (Å²) in [5.74, 6) is 0.970. The van der Waals surface area contributed by atoms with E-state index in [-0.39, 0.29) is 18.1 Å². The van der Waals surface area contributed by atoms with E-state index in [1.807, 2.05) is 24.3 Å². The molecule has 0 amide bonds. The lowest BCUT2D eigenvalue weighted by Gasteiger charge is -2.07. The van der Waals surface area contributed by atoms with E-state index in [1.54, 1.807) is 6.92 Å². The lowest BCUT2D eigenvalue weighted by molar-refractivity contribution is 0.341. The zero-order chi connectivity index (χ0) is 13.7. The third kappa shape index (κ3) is 5.20. The predicted molar refractivity (Wildman–Crippen MR) is 76.1 cm³/mol. The van der Waals surface area contributed by atoms with Gasteiger partial charge in [-0.3, -0.25) is 0 Å². The molecule has 1 fully saturated rings. The first-order valence-electron chi connectivity index (χ1n) is 6.74. The highest BCUT2D eigenvalue weighted by molar-refractivity contribution is 7.91. The molecule has 2 rings (SSSR count). The van der Waals surface area contributed by atoms with Crippen LogP contribution >= 0.6 is 0 Å². The van der Waals surface area contributed by atoms with Crippen molar-refractivity contribution in [1.82, 2.24) is 5.32 Å². The van der Waals surface area contributed by atoms with E-state index < -0.39 is 9.84 Å². The number of benzene rings is 1. The summed E-state index contributed by atoms with van der Waals surface area (Å²) in [6.45, 7) is 2.75. The summed E-state index contributed by atoms with van der Waals surface area (Å²) >= 11 is 0. The highest BCUT2D eigenvalue weighted by Gasteiger charge is 2.19. The minimum Gasteiger partial charge on any atom is -0.493 e. The molecule has 0 aliphatic heterocycles. The van der Waals surface area contributed by atoms with Gasteiger partial charge in [-0.2, -0.15) is 0 Å². The van der Waals surface area contributed by atoms with Gasteiger partial charge in [-0.05, 0) is 30.5 Å². The lowest BCUT2D eigenvalue weighted by Crippen LogP contribution is -2.16. The molecular formula is C14H21NO3S. The predicted octanol–water partition coefficient (Wildman–Crippen LogP) is 1.75. The molecule has 0 unspecified atom stereocenters. The molecule has 1 aromatic rings. The number of hydrogen-bond donors (Lipinski definition) is 1. The van der Waals surface area contributed by atoms with Crippen LogP contribution in [0.15, 0.2) is 24.3 Å². The Bertz CT molecular complexity index is 492. The normalized spacial score (nSPS) is 15.4. The molecule has 106 valence electrons. The van der Waals surface area contributed by atoms with E-state index >= 15 is 0 Å². The van der Waals surface area contributed by atoms with Gasteiger partial charge in [-0.1, -0.05) is 19.1 Å². The molecule has 0 aromatic heterocycles. The third-order valence-corrected chi connectivity index (χ3v) is 4.87. The van der Waals surface area contributed by atoms with Crippen LogP contribution in [-0.2, 0) is 16.4 Å². The van der Waals surface area contributed by atoms with E-state index in [4.69, 9.17) is 4.74 Å². The molecule has 0 heterocycles. The zero-order valence-electron chi connectivity index (χ0n) is 11.3. The molecule has 1 saturated carbocycles. The van der Waals surface area contributed by atoms with Crippen molar-refractivity contribution in [3.63, 3.8) is 0 Å². The summed E-state index contributed by atoms with van der Waals surface area (Å²) in [7, 11) is -2.94. The van der Waals surface area contributed by atoms with Gasteiger partial charge in [0.15, 0.2) is 9.84 Å². The first kappa shape index (κ1) is 14.3. The Balaban J connectivity index is 1.74. The molecular weight excluding hydrogens is 262 g/mol. The first-order chi connectivity index (χ1) is 9.09. The molecule has 5 heteroatoms. The summed E-state index contributed by atoms with van der Waals surface area (Å²) in [6, 6.07) is 8.51. The van der Waals surface area contributed by atoms with E-state index in [9.17, 15) is 8.42 Å². The highest BCUT2D eigenvalue weighted by Crippen LogP contribution is 2.19. The van der Waals surface area contributed by atoms with Gasteiger partial charge in [-0.15, -0.1) is 0 Å². The number of rotatable bonds is 8. The number of sulfone groups is 1. The Hall–Kier alpha value is -1.07. The van der Waals surface area contributed by atoms with Gasteiger partial charge in [0.1, 0.15) is 12.4 Å². The van der Waals surface area contributed by atoms with Crippen LogP contribution in [0, 0.1) is 0 Å². The minimum absolute atomic E-state index is 0.0779. The Morgan fingerprint density at radius 2 is 1.95 bits per heavy atom. The maximum atomic E-state index is 11.3. The molecule has 0 spiro atoms. The van der Waals surface area contributed by atoms with Crippen LogP contribution in [0.5, 0.6) is 5.75 Å². The molecule has 4 nitrogen and oxygen atoms in total. The average molecular weight is 283 g/mol. The van der Waals surface area contributed by atoms with E-state index in [1.165, 1.54) is 18.4 Å². The van der Waals surface area contributed by atoms with E-state index in [0.29, 0.717) is 6.04 Å². The Kier molecular flexibility index (Phi) is 4.82. The van der Waals surface area contributed by atoms with Crippen LogP contribution in [-0.4, -0.2) is 32.6 Å². The SMILES string of the molecule is CCS(=O)(=O)CCOc1ccc(CNC2CC2)cc1. The highest BCUT2D eigenvalue weighted by atomic mass is 32.2. The first-order valence-corrected chi connectivity index (χ1v) is 8.57. The summed E-state index contributed by atoms with van der Waals surface area (Å²) < 4.78 is 28.1. The molecule has 1 aliphatic carbocycles. The van der Waals surface area contributed by atoms with Crippen molar-refractivity contribution in [3.05, 3.63) is 29.8 Å². The van der Waals surface area contributed by atoms with Gasteiger partial charge in [0.05, 0.1) is 5.75 Å². The van der Waals surface area contributed by atoms with E-state index in [0.717, 1.165) is 12.3 Å². The van der Waals surface area contributed by atoms with Gasteiger partial charge in [0.25, 0.3) is 0 Å². The fourth-order valence-corrected chi connectivity index (χ4v) is 2.31. The van der Waals surface area contributed by atoms with Crippen molar-refractivity contribution >= 4 is 9.84 Å². The fraction of sp³-hybridized carbons (Fsp3) is 0.571. The molecule has 1 aliphatic rings. The van der Waals surface area contributed by atoms with Crippen LogP contribution in [0.3, 0.4) is 0 Å². The quantitative estimate of drug-likeness (QED) is 0.790. The summed E-state index contributed by atoms with van der Waals surface area (Å²) in [5, 5.41) is 3.44. The smallest absolute Gasteiger partial charge is 0.153 e. The average Bonchev–Trinajstić information content (AvgIpc) is 3.22. The summed E-state index contributed by atoms with van der Waals surface area (Å²) in [5.41, 5.74) is 1.22. The largest absolute Gasteiger partial charge is 0.493 e. The zero-order valence-corrected chi connectivity index (χ0v) is 12.1. The molecule has 19 heavy (non-hydrogen) atoms. The summed E-state index contributed by atoms with van der Waals surface area (Å²) in [6.07, 6.45) is 2.57. The maximum absolute atomic E-state index is 11.3. The van der Waals surface area contributed by atoms with Crippen molar-refractivity contribution in [2.75, 3.05) is 18.1 Å². The van der Waals surface area contributed by atoms with Crippen LogP contribution in [0.25, 0.3) is 0 Å². The van der Waals surface area contributed by atoms with Crippen LogP contribution in [0.2, 0.25) is 0 Å². The number of hydrogen-bond acceptors (Lipinski definition) is 4. The van der Waals surface area contributed by atoms with Crippen molar-refractivity contribution in [1.29, 1.82) is 0 Å². The lowest BCUT2D eigenvalue weighted by atomic mass is 10.2.